The summed E-state index contributed by atoms with van der Waals surface area (Å²) in [7, 11) is -2.13. The maximum atomic E-state index is 12.6. The van der Waals surface area contributed by atoms with Crippen molar-refractivity contribution < 1.29 is 17.9 Å². The lowest BCUT2D eigenvalue weighted by atomic mass is 9.87. The Morgan fingerprint density at radius 1 is 1.10 bits per heavy atom. The molecule has 2 aliphatic rings. The Kier molecular flexibility index (Phi) is 5.07. The molecule has 116 valence electrons. The van der Waals surface area contributed by atoms with Crippen LogP contribution in [-0.2, 0) is 19.6 Å². The maximum absolute atomic E-state index is 12.6. The first-order chi connectivity index (χ1) is 9.45. The van der Waals surface area contributed by atoms with Gasteiger partial charge in [-0.05, 0) is 31.6 Å². The van der Waals surface area contributed by atoms with E-state index in [1.807, 2.05) is 0 Å². The van der Waals surface area contributed by atoms with Crippen molar-refractivity contribution in [2.45, 2.75) is 63.2 Å². The minimum atomic E-state index is -3.45. The lowest BCUT2D eigenvalue weighted by Gasteiger charge is -2.31. The molecule has 0 saturated heterocycles. The van der Waals surface area contributed by atoms with Gasteiger partial charge in [-0.3, -0.25) is 4.79 Å². The van der Waals surface area contributed by atoms with Crippen molar-refractivity contribution in [3.05, 3.63) is 0 Å². The topological polar surface area (TPSA) is 72.5 Å². The predicted octanol–water partition coefficient (Wildman–Crippen LogP) is 1.83. The molecule has 2 saturated carbocycles. The van der Waals surface area contributed by atoms with Crippen molar-refractivity contribution in [1.82, 2.24) is 4.72 Å². The number of ether oxygens (including phenoxy) is 1. The average Bonchev–Trinajstić information content (AvgIpc) is 2.90. The zero-order valence-corrected chi connectivity index (χ0v) is 13.1. The van der Waals surface area contributed by atoms with E-state index in [2.05, 4.69) is 11.6 Å². The molecule has 0 aromatic rings. The van der Waals surface area contributed by atoms with Crippen LogP contribution >= 0.6 is 0 Å². The summed E-state index contributed by atoms with van der Waals surface area (Å²) in [6.07, 6.45) is 6.14. The second kappa shape index (κ2) is 6.43. The van der Waals surface area contributed by atoms with E-state index in [-0.39, 0.29) is 6.04 Å². The average molecular weight is 303 g/mol. The molecule has 20 heavy (non-hydrogen) atoms. The first-order valence-electron chi connectivity index (χ1n) is 7.54. The Morgan fingerprint density at radius 2 is 1.80 bits per heavy atom. The van der Waals surface area contributed by atoms with Gasteiger partial charge in [0.05, 0.1) is 18.3 Å². The number of rotatable bonds is 4. The molecule has 0 bridgehead atoms. The zero-order chi connectivity index (χ0) is 14.8. The molecule has 1 N–H and O–H groups in total. The Labute approximate surface area is 121 Å². The van der Waals surface area contributed by atoms with Gasteiger partial charge in [0.25, 0.3) is 0 Å². The molecule has 0 aromatic heterocycles. The summed E-state index contributed by atoms with van der Waals surface area (Å²) in [4.78, 5) is 11.7. The van der Waals surface area contributed by atoms with Crippen LogP contribution < -0.4 is 4.72 Å². The summed E-state index contributed by atoms with van der Waals surface area (Å²) in [6.45, 7) is 2.10. The minimum absolute atomic E-state index is 0.0210. The number of nitrogens with one attached hydrogen (secondary N) is 1. The third-order valence-corrected chi connectivity index (χ3v) is 6.77. The largest absolute Gasteiger partial charge is 0.469 e. The van der Waals surface area contributed by atoms with Gasteiger partial charge < -0.3 is 4.74 Å². The molecular formula is C14H25NO4S. The van der Waals surface area contributed by atoms with Crippen LogP contribution in [0.5, 0.6) is 0 Å². The van der Waals surface area contributed by atoms with Crippen molar-refractivity contribution in [2.75, 3.05) is 7.11 Å². The lowest BCUT2D eigenvalue weighted by Crippen LogP contribution is -2.47. The quantitative estimate of drug-likeness (QED) is 0.804. The first kappa shape index (κ1) is 15.8. The Bertz CT molecular complexity index is 448. The van der Waals surface area contributed by atoms with Gasteiger partial charge in [-0.15, -0.1) is 0 Å². The minimum Gasteiger partial charge on any atom is -0.469 e. The third-order valence-electron chi connectivity index (χ3n) is 4.78. The van der Waals surface area contributed by atoms with Crippen LogP contribution in [0.2, 0.25) is 0 Å². The van der Waals surface area contributed by atoms with Crippen molar-refractivity contribution in [2.24, 2.45) is 11.8 Å². The number of sulfonamides is 1. The van der Waals surface area contributed by atoms with Gasteiger partial charge in [0, 0.05) is 6.04 Å². The predicted molar refractivity (Wildman–Crippen MR) is 76.6 cm³/mol. The molecule has 6 heteroatoms. The highest BCUT2D eigenvalue weighted by Gasteiger charge is 2.43. The number of carbonyl (C=O) groups is 1. The van der Waals surface area contributed by atoms with Crippen LogP contribution in [0.4, 0.5) is 0 Å². The lowest BCUT2D eigenvalue weighted by molar-refractivity contribution is -0.145. The van der Waals surface area contributed by atoms with E-state index in [1.54, 1.807) is 0 Å². The molecule has 4 atom stereocenters. The highest BCUT2D eigenvalue weighted by molar-refractivity contribution is 7.90. The number of hydrogen-bond donors (Lipinski definition) is 1. The fourth-order valence-corrected chi connectivity index (χ4v) is 5.61. The van der Waals surface area contributed by atoms with E-state index >= 15 is 0 Å². The molecule has 0 aliphatic heterocycles. The van der Waals surface area contributed by atoms with Gasteiger partial charge in [-0.2, -0.15) is 0 Å². The van der Waals surface area contributed by atoms with E-state index in [4.69, 9.17) is 4.74 Å². The highest BCUT2D eigenvalue weighted by atomic mass is 32.2. The SMILES string of the molecule is COC(=O)C1CCCC1S(=O)(=O)NC1CCCCC1C. The number of esters is 1. The van der Waals surface area contributed by atoms with Gasteiger partial charge in [-0.25, -0.2) is 13.1 Å². The second-order valence-corrected chi connectivity index (χ2v) is 8.06. The summed E-state index contributed by atoms with van der Waals surface area (Å²) in [5.41, 5.74) is 0. The molecule has 0 aromatic carbocycles. The number of hydrogen-bond acceptors (Lipinski definition) is 4. The molecule has 0 amide bonds. The highest BCUT2D eigenvalue weighted by Crippen LogP contribution is 2.33. The van der Waals surface area contributed by atoms with Crippen LogP contribution in [-0.4, -0.2) is 32.8 Å². The Hall–Kier alpha value is -0.620. The van der Waals surface area contributed by atoms with Crippen molar-refractivity contribution >= 4 is 16.0 Å². The van der Waals surface area contributed by atoms with Crippen molar-refractivity contribution in [3.8, 4) is 0 Å². The fourth-order valence-electron chi connectivity index (χ4n) is 3.51. The summed E-state index contributed by atoms with van der Waals surface area (Å²) >= 11 is 0. The molecule has 0 radical (unpaired) electrons. The van der Waals surface area contributed by atoms with E-state index in [9.17, 15) is 13.2 Å². The van der Waals surface area contributed by atoms with Crippen molar-refractivity contribution in [1.29, 1.82) is 0 Å². The van der Waals surface area contributed by atoms with E-state index in [0.717, 1.165) is 25.7 Å². The second-order valence-electron chi connectivity index (χ2n) is 6.13. The first-order valence-corrected chi connectivity index (χ1v) is 9.09. The fraction of sp³-hybridized carbons (Fsp3) is 0.929. The van der Waals surface area contributed by atoms with E-state index in [1.165, 1.54) is 13.5 Å². The maximum Gasteiger partial charge on any atom is 0.310 e. The summed E-state index contributed by atoms with van der Waals surface area (Å²) in [5.74, 6) is -0.525. The van der Waals surface area contributed by atoms with Gasteiger partial charge in [-0.1, -0.05) is 26.2 Å². The van der Waals surface area contributed by atoms with Crippen LogP contribution in [0, 0.1) is 11.8 Å². The van der Waals surface area contributed by atoms with Crippen LogP contribution in [0.25, 0.3) is 0 Å². The molecule has 0 spiro atoms. The van der Waals surface area contributed by atoms with E-state index < -0.39 is 27.2 Å². The Morgan fingerprint density at radius 3 is 2.45 bits per heavy atom. The Balaban J connectivity index is 2.07. The van der Waals surface area contributed by atoms with Gasteiger partial charge in [0.2, 0.25) is 10.0 Å². The number of methoxy groups -OCH3 is 1. The molecule has 2 rings (SSSR count). The van der Waals surface area contributed by atoms with Gasteiger partial charge >= 0.3 is 5.97 Å². The van der Waals surface area contributed by atoms with E-state index in [0.29, 0.717) is 18.8 Å². The summed E-state index contributed by atoms with van der Waals surface area (Å²) in [5, 5.41) is -0.621. The zero-order valence-electron chi connectivity index (χ0n) is 12.3. The summed E-state index contributed by atoms with van der Waals surface area (Å²) < 4.78 is 32.7. The third kappa shape index (κ3) is 3.34. The summed E-state index contributed by atoms with van der Waals surface area (Å²) in [6, 6.07) is 0.0210. The normalized spacial score (nSPS) is 34.9. The molecule has 0 heterocycles. The van der Waals surface area contributed by atoms with Gasteiger partial charge in [0.1, 0.15) is 0 Å². The van der Waals surface area contributed by atoms with Gasteiger partial charge in [0.15, 0.2) is 0 Å². The molecule has 4 unspecified atom stereocenters. The molecule has 5 nitrogen and oxygen atoms in total. The van der Waals surface area contributed by atoms with Crippen molar-refractivity contribution in [3.63, 3.8) is 0 Å². The van der Waals surface area contributed by atoms with Crippen LogP contribution in [0.1, 0.15) is 51.9 Å². The number of carbonyl (C=O) groups excluding carboxylic acids is 1. The molecular weight excluding hydrogens is 278 g/mol. The standard InChI is InChI=1S/C14H25NO4S/c1-10-6-3-4-8-12(10)15-20(17,18)13-9-5-7-11(13)14(16)19-2/h10-13,15H,3-9H2,1-2H3. The molecule has 2 fully saturated rings. The van der Waals surface area contributed by atoms with Crippen LogP contribution in [0.15, 0.2) is 0 Å². The smallest absolute Gasteiger partial charge is 0.310 e. The van der Waals surface area contributed by atoms with Crippen LogP contribution in [0.3, 0.4) is 0 Å². The molecule has 2 aliphatic carbocycles. The monoisotopic (exact) mass is 303 g/mol.